The highest BCUT2D eigenvalue weighted by Crippen LogP contribution is 2.26. The van der Waals surface area contributed by atoms with E-state index in [0.29, 0.717) is 6.54 Å². The van der Waals surface area contributed by atoms with Gasteiger partial charge in [-0.1, -0.05) is 0 Å². The predicted molar refractivity (Wildman–Crippen MR) is 84.8 cm³/mol. The van der Waals surface area contributed by atoms with Crippen molar-refractivity contribution in [2.75, 3.05) is 27.2 Å². The molecule has 24 heavy (non-hydrogen) atoms. The molecule has 0 N–H and O–H groups in total. The lowest BCUT2D eigenvalue weighted by Crippen LogP contribution is -2.41. The van der Waals surface area contributed by atoms with Crippen LogP contribution in [-0.2, 0) is 24.9 Å². The molecule has 3 rings (SSSR count). The molecule has 0 aliphatic carbocycles. The molecule has 2 aromatic heterocycles. The number of carbonyl (C=O) groups is 1. The summed E-state index contributed by atoms with van der Waals surface area (Å²) in [6.45, 7) is 2.34. The van der Waals surface area contributed by atoms with Crippen molar-refractivity contribution >= 4 is 5.91 Å². The maximum Gasteiger partial charge on any atom is 0.244 e. The zero-order chi connectivity index (χ0) is 17.1. The van der Waals surface area contributed by atoms with Gasteiger partial charge in [0.15, 0.2) is 0 Å². The molecule has 1 fully saturated rings. The van der Waals surface area contributed by atoms with Crippen molar-refractivity contribution in [2.45, 2.75) is 31.8 Å². The molecule has 0 unspecified atom stereocenters. The lowest BCUT2D eigenvalue weighted by atomic mass is 9.97. The van der Waals surface area contributed by atoms with Gasteiger partial charge in [0, 0.05) is 26.1 Å². The number of nitrogens with zero attached hydrogens (tertiary/aromatic N) is 9. The molecule has 10 heteroatoms. The molecule has 130 valence electrons. The Kier molecular flexibility index (Phi) is 4.84. The molecule has 1 aliphatic rings. The third kappa shape index (κ3) is 3.58. The minimum atomic E-state index is 0.0303. The number of piperidine rings is 1. The van der Waals surface area contributed by atoms with Gasteiger partial charge >= 0.3 is 0 Å². The summed E-state index contributed by atoms with van der Waals surface area (Å²) < 4.78 is 3.50. The van der Waals surface area contributed by atoms with Gasteiger partial charge in [-0.25, -0.2) is 4.68 Å². The van der Waals surface area contributed by atoms with E-state index in [1.54, 1.807) is 0 Å². The van der Waals surface area contributed by atoms with Gasteiger partial charge in [0.2, 0.25) is 5.91 Å². The summed E-state index contributed by atoms with van der Waals surface area (Å²) in [5, 5.41) is 19.5. The second kappa shape index (κ2) is 7.04. The number of aromatic nitrogens is 7. The van der Waals surface area contributed by atoms with Gasteiger partial charge in [0.1, 0.15) is 24.5 Å². The van der Waals surface area contributed by atoms with Gasteiger partial charge in [-0.3, -0.25) is 4.79 Å². The van der Waals surface area contributed by atoms with E-state index in [0.717, 1.165) is 37.6 Å². The molecule has 0 bridgehead atoms. The van der Waals surface area contributed by atoms with Crippen molar-refractivity contribution in [3.05, 3.63) is 18.0 Å². The zero-order valence-corrected chi connectivity index (χ0v) is 14.3. The van der Waals surface area contributed by atoms with E-state index >= 15 is 0 Å². The van der Waals surface area contributed by atoms with Crippen LogP contribution in [0.25, 0.3) is 0 Å². The number of tetrazole rings is 1. The van der Waals surface area contributed by atoms with Crippen LogP contribution >= 0.6 is 0 Å². The van der Waals surface area contributed by atoms with E-state index in [9.17, 15) is 4.79 Å². The van der Waals surface area contributed by atoms with E-state index in [2.05, 4.69) is 35.2 Å². The molecule has 1 saturated heterocycles. The molecule has 1 aliphatic heterocycles. The van der Waals surface area contributed by atoms with Crippen LogP contribution in [-0.4, -0.2) is 77.9 Å². The Bertz CT molecular complexity index is 678. The standard InChI is InChI=1S/C14H23N9O/c1-20(2)8-12-16-17-14(21(12)3)11-5-4-6-22(7-11)13(24)9-23-10-15-18-19-23/h10-11H,4-9H2,1-3H3/t11-/m0/s1. The summed E-state index contributed by atoms with van der Waals surface area (Å²) in [7, 11) is 6.01. The van der Waals surface area contributed by atoms with E-state index in [1.807, 2.05) is 26.0 Å². The smallest absolute Gasteiger partial charge is 0.244 e. The number of amides is 1. The Morgan fingerprint density at radius 1 is 1.38 bits per heavy atom. The van der Waals surface area contributed by atoms with E-state index in [4.69, 9.17) is 0 Å². The Labute approximate surface area is 140 Å². The summed E-state index contributed by atoms with van der Waals surface area (Å²) in [5.74, 6) is 2.13. The molecule has 10 nitrogen and oxygen atoms in total. The predicted octanol–water partition coefficient (Wildman–Crippen LogP) is -0.731. The largest absolute Gasteiger partial charge is 0.340 e. The fourth-order valence-electron chi connectivity index (χ4n) is 3.06. The van der Waals surface area contributed by atoms with Crippen LogP contribution in [0.3, 0.4) is 0 Å². The second-order valence-corrected chi connectivity index (χ2v) is 6.46. The summed E-state index contributed by atoms with van der Waals surface area (Å²) in [5.41, 5.74) is 0. The van der Waals surface area contributed by atoms with Crippen LogP contribution in [0.1, 0.15) is 30.4 Å². The summed E-state index contributed by atoms with van der Waals surface area (Å²) in [6.07, 6.45) is 3.43. The van der Waals surface area contributed by atoms with Crippen LogP contribution in [0.15, 0.2) is 6.33 Å². The quantitative estimate of drug-likeness (QED) is 0.711. The van der Waals surface area contributed by atoms with Crippen molar-refractivity contribution < 1.29 is 4.79 Å². The molecule has 0 radical (unpaired) electrons. The Balaban J connectivity index is 1.67. The lowest BCUT2D eigenvalue weighted by Gasteiger charge is -2.32. The Morgan fingerprint density at radius 3 is 2.92 bits per heavy atom. The van der Waals surface area contributed by atoms with Crippen molar-refractivity contribution in [3.8, 4) is 0 Å². The highest BCUT2D eigenvalue weighted by atomic mass is 16.2. The molecular formula is C14H23N9O. The van der Waals surface area contributed by atoms with Crippen LogP contribution in [0.2, 0.25) is 0 Å². The molecule has 2 aromatic rings. The van der Waals surface area contributed by atoms with Gasteiger partial charge in [-0.05, 0) is 37.4 Å². The number of carbonyl (C=O) groups excluding carboxylic acids is 1. The van der Waals surface area contributed by atoms with Crippen molar-refractivity contribution in [1.82, 2.24) is 44.8 Å². The average Bonchev–Trinajstić information content (AvgIpc) is 3.18. The molecule has 3 heterocycles. The van der Waals surface area contributed by atoms with Gasteiger partial charge < -0.3 is 14.4 Å². The van der Waals surface area contributed by atoms with Gasteiger partial charge in [0.05, 0.1) is 6.54 Å². The SMILES string of the molecule is CN(C)Cc1nnc([C@H]2CCCN(C(=O)Cn3cnnn3)C2)n1C. The zero-order valence-electron chi connectivity index (χ0n) is 14.3. The maximum absolute atomic E-state index is 12.4. The van der Waals surface area contributed by atoms with E-state index in [1.165, 1.54) is 11.0 Å². The van der Waals surface area contributed by atoms with Gasteiger partial charge in [0.25, 0.3) is 0 Å². The van der Waals surface area contributed by atoms with Crippen molar-refractivity contribution in [1.29, 1.82) is 0 Å². The molecule has 0 spiro atoms. The molecule has 1 atom stereocenters. The number of hydrogen-bond donors (Lipinski definition) is 0. The second-order valence-electron chi connectivity index (χ2n) is 6.46. The fraction of sp³-hybridized carbons (Fsp3) is 0.714. The normalized spacial score (nSPS) is 18.3. The summed E-state index contributed by atoms with van der Waals surface area (Å²) in [6, 6.07) is 0. The minimum absolute atomic E-state index is 0.0303. The first-order valence-electron chi connectivity index (χ1n) is 8.06. The van der Waals surface area contributed by atoms with Crippen LogP contribution in [0.4, 0.5) is 0 Å². The minimum Gasteiger partial charge on any atom is -0.340 e. The highest BCUT2D eigenvalue weighted by molar-refractivity contribution is 5.76. The maximum atomic E-state index is 12.4. The van der Waals surface area contributed by atoms with Crippen LogP contribution < -0.4 is 0 Å². The average molecular weight is 333 g/mol. The first kappa shape index (κ1) is 16.5. The van der Waals surface area contributed by atoms with Crippen LogP contribution in [0.5, 0.6) is 0 Å². The van der Waals surface area contributed by atoms with Crippen molar-refractivity contribution in [2.24, 2.45) is 7.05 Å². The Morgan fingerprint density at radius 2 is 2.21 bits per heavy atom. The number of likely N-dealkylation sites (tertiary alicyclic amines) is 1. The molecule has 0 saturated carbocycles. The van der Waals surface area contributed by atoms with Gasteiger partial charge in [-0.2, -0.15) is 0 Å². The molecular weight excluding hydrogens is 310 g/mol. The monoisotopic (exact) mass is 333 g/mol. The van der Waals surface area contributed by atoms with E-state index < -0.39 is 0 Å². The first-order chi connectivity index (χ1) is 11.5. The van der Waals surface area contributed by atoms with Gasteiger partial charge in [-0.15, -0.1) is 15.3 Å². The topological polar surface area (TPSA) is 97.9 Å². The van der Waals surface area contributed by atoms with Crippen LogP contribution in [0, 0.1) is 0 Å². The Hall–Kier alpha value is -2.36. The van der Waals surface area contributed by atoms with Crippen molar-refractivity contribution in [3.63, 3.8) is 0 Å². The van der Waals surface area contributed by atoms with E-state index in [-0.39, 0.29) is 18.4 Å². The number of hydrogen-bond acceptors (Lipinski definition) is 7. The first-order valence-corrected chi connectivity index (χ1v) is 8.06. The lowest BCUT2D eigenvalue weighted by molar-refractivity contribution is -0.133. The summed E-state index contributed by atoms with van der Waals surface area (Å²) >= 11 is 0. The molecule has 0 aromatic carbocycles. The number of rotatable bonds is 5. The molecule has 1 amide bonds. The summed E-state index contributed by atoms with van der Waals surface area (Å²) in [4.78, 5) is 16.4. The fourth-order valence-corrected chi connectivity index (χ4v) is 3.06. The highest BCUT2D eigenvalue weighted by Gasteiger charge is 2.28. The third-order valence-electron chi connectivity index (χ3n) is 4.28. The third-order valence-corrected chi connectivity index (χ3v) is 4.28.